The van der Waals surface area contributed by atoms with Crippen molar-refractivity contribution in [2.24, 2.45) is 5.41 Å². The van der Waals surface area contributed by atoms with Gasteiger partial charge in [-0.3, -0.25) is 9.59 Å². The predicted molar refractivity (Wildman–Crippen MR) is 160 cm³/mol. The average Bonchev–Trinajstić information content (AvgIpc) is 2.89. The Kier molecular flexibility index (Phi) is 8.38. The molecule has 2 amide bonds. The molecule has 204 valence electrons. The highest BCUT2D eigenvalue weighted by atomic mass is 35.5. The lowest BCUT2D eigenvalue weighted by atomic mass is 9.72. The lowest BCUT2D eigenvalue weighted by Gasteiger charge is -2.53. The Morgan fingerprint density at radius 2 is 1.59 bits per heavy atom. The smallest absolute Gasteiger partial charge is 0.255 e. The number of nitrogens with zero attached hydrogens (tertiary/aromatic N) is 2. The van der Waals surface area contributed by atoms with Gasteiger partial charge in [0.1, 0.15) is 0 Å². The Morgan fingerprint density at radius 1 is 0.872 bits per heavy atom. The lowest BCUT2D eigenvalue weighted by Crippen LogP contribution is -2.58. The molecule has 3 aromatic rings. The van der Waals surface area contributed by atoms with Crippen molar-refractivity contribution in [1.29, 1.82) is 0 Å². The zero-order valence-electron chi connectivity index (χ0n) is 21.8. The number of halogens is 3. The van der Waals surface area contributed by atoms with E-state index >= 15 is 0 Å². The highest BCUT2D eigenvalue weighted by molar-refractivity contribution is 6.35. The molecular weight excluding hydrogens is 555 g/mol. The maximum Gasteiger partial charge on any atom is 0.255 e. The van der Waals surface area contributed by atoms with E-state index in [1.807, 2.05) is 18.2 Å². The zero-order valence-corrected chi connectivity index (χ0v) is 24.0. The molecular formula is C30H31Cl3N4O2. The van der Waals surface area contributed by atoms with Gasteiger partial charge in [0, 0.05) is 58.9 Å². The van der Waals surface area contributed by atoms with Crippen molar-refractivity contribution in [2.45, 2.75) is 19.3 Å². The summed E-state index contributed by atoms with van der Waals surface area (Å²) >= 11 is 18.4. The Bertz CT molecular complexity index is 1380. The van der Waals surface area contributed by atoms with Crippen LogP contribution in [0.3, 0.4) is 0 Å². The van der Waals surface area contributed by atoms with E-state index in [4.69, 9.17) is 34.8 Å². The third-order valence-electron chi connectivity index (χ3n) is 7.66. The van der Waals surface area contributed by atoms with Crippen LogP contribution in [0.2, 0.25) is 15.1 Å². The molecule has 3 aromatic carbocycles. The summed E-state index contributed by atoms with van der Waals surface area (Å²) < 4.78 is 0. The van der Waals surface area contributed by atoms with Crippen molar-refractivity contribution < 1.29 is 9.59 Å². The van der Waals surface area contributed by atoms with Crippen LogP contribution >= 0.6 is 34.8 Å². The molecule has 0 bridgehead atoms. The van der Waals surface area contributed by atoms with E-state index in [9.17, 15) is 9.59 Å². The summed E-state index contributed by atoms with van der Waals surface area (Å²) in [7, 11) is 2.16. The summed E-state index contributed by atoms with van der Waals surface area (Å²) in [5.74, 6) is -0.497. The normalized spacial score (nSPS) is 16.6. The third kappa shape index (κ3) is 6.52. The average molecular weight is 586 g/mol. The van der Waals surface area contributed by atoms with Gasteiger partial charge < -0.3 is 20.4 Å². The molecule has 2 aliphatic rings. The number of benzene rings is 3. The number of nitrogens with one attached hydrogen (secondary N) is 2. The summed E-state index contributed by atoms with van der Waals surface area (Å²) in [6, 6.07) is 17.7. The highest BCUT2D eigenvalue weighted by Gasteiger charge is 2.43. The quantitative estimate of drug-likeness (QED) is 0.337. The van der Waals surface area contributed by atoms with Crippen LogP contribution in [0.15, 0.2) is 60.7 Å². The SMILES string of the molecule is CN1CC2(CCN(c3ccc(C(=O)NCCc4ccc(Cl)cc4Cl)cc3NC(=O)c3cccc(Cl)c3)CC2)C1. The van der Waals surface area contributed by atoms with Crippen LogP contribution in [0.1, 0.15) is 39.1 Å². The fourth-order valence-electron chi connectivity index (χ4n) is 5.65. The Labute approximate surface area is 244 Å². The number of carbonyl (C=O) groups is 2. The van der Waals surface area contributed by atoms with Crippen molar-refractivity contribution >= 4 is 58.0 Å². The van der Waals surface area contributed by atoms with Gasteiger partial charge in [-0.25, -0.2) is 0 Å². The first-order chi connectivity index (χ1) is 18.7. The van der Waals surface area contributed by atoms with E-state index in [0.717, 1.165) is 50.3 Å². The van der Waals surface area contributed by atoms with Crippen LogP contribution in [-0.4, -0.2) is 56.5 Å². The van der Waals surface area contributed by atoms with Crippen molar-refractivity contribution in [3.05, 3.63) is 92.4 Å². The molecule has 6 nitrogen and oxygen atoms in total. The number of rotatable bonds is 7. The Balaban J connectivity index is 1.32. The Hall–Kier alpha value is -2.77. The molecule has 2 fully saturated rings. The second-order valence-electron chi connectivity index (χ2n) is 10.6. The van der Waals surface area contributed by atoms with E-state index in [1.54, 1.807) is 42.5 Å². The predicted octanol–water partition coefficient (Wildman–Crippen LogP) is 6.40. The summed E-state index contributed by atoms with van der Waals surface area (Å²) in [5, 5.41) is 7.63. The second-order valence-corrected chi connectivity index (χ2v) is 11.9. The van der Waals surface area contributed by atoms with E-state index < -0.39 is 0 Å². The molecule has 2 saturated heterocycles. The monoisotopic (exact) mass is 584 g/mol. The van der Waals surface area contributed by atoms with Crippen molar-refractivity contribution in [3.63, 3.8) is 0 Å². The minimum absolute atomic E-state index is 0.222. The summed E-state index contributed by atoms with van der Waals surface area (Å²) in [5.41, 5.74) is 3.76. The molecule has 2 heterocycles. The van der Waals surface area contributed by atoms with Crippen LogP contribution in [0, 0.1) is 5.41 Å². The second kappa shape index (κ2) is 11.8. The standard InChI is InChI=1S/C30H31Cl3N4O2/c1-36-18-30(19-36)10-13-37(14-11-30)27-8-6-22(16-26(27)35-29(39)21-3-2-4-23(31)15-21)28(38)34-12-9-20-5-7-24(32)17-25(20)33/h2-8,15-17H,9-14,18-19H2,1H3,(H,34,38)(H,35,39). The molecule has 0 radical (unpaired) electrons. The number of hydrogen-bond acceptors (Lipinski definition) is 4. The number of hydrogen-bond donors (Lipinski definition) is 2. The van der Waals surface area contributed by atoms with Gasteiger partial charge in [0.2, 0.25) is 0 Å². The van der Waals surface area contributed by atoms with Crippen molar-refractivity contribution in [3.8, 4) is 0 Å². The molecule has 39 heavy (non-hydrogen) atoms. The molecule has 1 spiro atoms. The number of anilines is 2. The topological polar surface area (TPSA) is 64.7 Å². The number of amides is 2. The van der Waals surface area contributed by atoms with Crippen molar-refractivity contribution in [1.82, 2.24) is 10.2 Å². The minimum Gasteiger partial charge on any atom is -0.370 e. The van der Waals surface area contributed by atoms with Gasteiger partial charge in [-0.15, -0.1) is 0 Å². The largest absolute Gasteiger partial charge is 0.370 e. The van der Waals surface area contributed by atoms with Crippen molar-refractivity contribution in [2.75, 3.05) is 50.0 Å². The van der Waals surface area contributed by atoms with Crippen LogP contribution in [0.4, 0.5) is 11.4 Å². The first-order valence-corrected chi connectivity index (χ1v) is 14.2. The molecule has 5 rings (SSSR count). The zero-order chi connectivity index (χ0) is 27.6. The minimum atomic E-state index is -0.275. The van der Waals surface area contributed by atoms with Gasteiger partial charge >= 0.3 is 0 Å². The van der Waals surface area contributed by atoms with E-state index in [0.29, 0.717) is 50.3 Å². The van der Waals surface area contributed by atoms with Gasteiger partial charge in [0.25, 0.3) is 11.8 Å². The fraction of sp³-hybridized carbons (Fsp3) is 0.333. The first-order valence-electron chi connectivity index (χ1n) is 13.1. The van der Waals surface area contributed by atoms with Crippen LogP contribution in [0.25, 0.3) is 0 Å². The van der Waals surface area contributed by atoms with Gasteiger partial charge in [-0.1, -0.05) is 46.9 Å². The highest BCUT2D eigenvalue weighted by Crippen LogP contribution is 2.41. The van der Waals surface area contributed by atoms with Gasteiger partial charge in [0.05, 0.1) is 11.4 Å². The molecule has 9 heteroatoms. The lowest BCUT2D eigenvalue weighted by molar-refractivity contribution is 0.00133. The molecule has 0 unspecified atom stereocenters. The molecule has 2 N–H and O–H groups in total. The molecule has 0 aliphatic carbocycles. The number of carbonyl (C=O) groups excluding carboxylic acids is 2. The maximum atomic E-state index is 13.1. The molecule has 0 aromatic heterocycles. The summed E-state index contributed by atoms with van der Waals surface area (Å²) in [6.45, 7) is 4.50. The van der Waals surface area contributed by atoms with E-state index in [-0.39, 0.29) is 11.8 Å². The number of piperidine rings is 1. The van der Waals surface area contributed by atoms with Crippen LogP contribution in [-0.2, 0) is 6.42 Å². The molecule has 0 atom stereocenters. The van der Waals surface area contributed by atoms with Crippen LogP contribution in [0.5, 0.6) is 0 Å². The van der Waals surface area contributed by atoms with Gasteiger partial charge in [-0.05, 0) is 85.8 Å². The van der Waals surface area contributed by atoms with Gasteiger partial charge in [0.15, 0.2) is 0 Å². The number of likely N-dealkylation sites (tertiary alicyclic amines) is 1. The van der Waals surface area contributed by atoms with E-state index in [1.165, 1.54) is 0 Å². The maximum absolute atomic E-state index is 13.1. The van der Waals surface area contributed by atoms with E-state index in [2.05, 4.69) is 27.5 Å². The third-order valence-corrected chi connectivity index (χ3v) is 8.49. The fourth-order valence-corrected chi connectivity index (χ4v) is 6.34. The van der Waals surface area contributed by atoms with Crippen LogP contribution < -0.4 is 15.5 Å². The first kappa shape index (κ1) is 27.8. The van der Waals surface area contributed by atoms with Gasteiger partial charge in [-0.2, -0.15) is 0 Å². The molecule has 0 saturated carbocycles. The summed E-state index contributed by atoms with van der Waals surface area (Å²) in [6.07, 6.45) is 2.78. The molecule has 2 aliphatic heterocycles. The Morgan fingerprint density at radius 3 is 2.28 bits per heavy atom. The summed E-state index contributed by atoms with van der Waals surface area (Å²) in [4.78, 5) is 30.9.